The lowest BCUT2D eigenvalue weighted by molar-refractivity contribution is 0.0907. The van der Waals surface area contributed by atoms with Crippen LogP contribution in [0.25, 0.3) is 0 Å². The van der Waals surface area contributed by atoms with E-state index in [1.54, 1.807) is 25.4 Å². The van der Waals surface area contributed by atoms with E-state index in [0.29, 0.717) is 16.4 Å². The first-order valence-corrected chi connectivity index (χ1v) is 6.93. The number of ether oxygens (including phenoxy) is 1. The highest BCUT2D eigenvalue weighted by atomic mass is 35.5. The Morgan fingerprint density at radius 3 is 2.62 bits per heavy atom. The van der Waals surface area contributed by atoms with Gasteiger partial charge in [0.2, 0.25) is 0 Å². The maximum absolute atomic E-state index is 9.10. The molecule has 21 heavy (non-hydrogen) atoms. The number of rotatable bonds is 5. The Hall–Kier alpha value is -2.09. The third-order valence-electron chi connectivity index (χ3n) is 3.20. The van der Waals surface area contributed by atoms with Crippen molar-refractivity contribution in [3.63, 3.8) is 0 Å². The maximum Gasteiger partial charge on any atom is 0.144 e. The van der Waals surface area contributed by atoms with Crippen LogP contribution in [0, 0.1) is 11.3 Å². The first-order valence-electron chi connectivity index (χ1n) is 6.55. The van der Waals surface area contributed by atoms with Gasteiger partial charge in [-0.15, -0.1) is 0 Å². The van der Waals surface area contributed by atoms with Crippen LogP contribution in [0.4, 0.5) is 5.82 Å². The Balaban J connectivity index is 2.19. The summed E-state index contributed by atoms with van der Waals surface area (Å²) in [6, 6.07) is 13.0. The molecule has 2 atom stereocenters. The predicted molar refractivity (Wildman–Crippen MR) is 83.2 cm³/mol. The van der Waals surface area contributed by atoms with Gasteiger partial charge < -0.3 is 10.1 Å². The van der Waals surface area contributed by atoms with Crippen molar-refractivity contribution in [3.05, 3.63) is 58.7 Å². The molecule has 0 aliphatic rings. The molecule has 5 heteroatoms. The SMILES string of the molecule is COC(c1ccc(Cl)cc1)C(C)Nc1ncccc1C#N. The zero-order valence-electron chi connectivity index (χ0n) is 11.9. The van der Waals surface area contributed by atoms with Crippen molar-refractivity contribution in [1.82, 2.24) is 4.98 Å². The summed E-state index contributed by atoms with van der Waals surface area (Å²) in [7, 11) is 1.65. The highest BCUT2D eigenvalue weighted by molar-refractivity contribution is 6.30. The molecule has 0 saturated carbocycles. The highest BCUT2D eigenvalue weighted by Gasteiger charge is 2.20. The van der Waals surface area contributed by atoms with Crippen molar-refractivity contribution in [2.45, 2.75) is 19.1 Å². The summed E-state index contributed by atoms with van der Waals surface area (Å²) in [5.41, 5.74) is 1.52. The largest absolute Gasteiger partial charge is 0.375 e. The van der Waals surface area contributed by atoms with Gasteiger partial charge in [-0.1, -0.05) is 23.7 Å². The molecule has 108 valence electrons. The number of anilines is 1. The fraction of sp³-hybridized carbons (Fsp3) is 0.250. The van der Waals surface area contributed by atoms with Gasteiger partial charge in [0.1, 0.15) is 18.0 Å². The van der Waals surface area contributed by atoms with Crippen molar-refractivity contribution in [1.29, 1.82) is 5.26 Å². The molecule has 2 aromatic rings. The van der Waals surface area contributed by atoms with E-state index in [4.69, 9.17) is 21.6 Å². The van der Waals surface area contributed by atoms with E-state index < -0.39 is 0 Å². The van der Waals surface area contributed by atoms with Crippen LogP contribution in [-0.2, 0) is 4.74 Å². The zero-order chi connectivity index (χ0) is 15.2. The number of nitrogens with one attached hydrogen (secondary N) is 1. The number of aromatic nitrogens is 1. The molecule has 0 fully saturated rings. The minimum Gasteiger partial charge on any atom is -0.375 e. The van der Waals surface area contributed by atoms with Crippen molar-refractivity contribution in [2.24, 2.45) is 0 Å². The summed E-state index contributed by atoms with van der Waals surface area (Å²) in [5.74, 6) is 0.559. The molecule has 2 unspecified atom stereocenters. The van der Waals surface area contributed by atoms with Gasteiger partial charge in [-0.05, 0) is 36.8 Å². The maximum atomic E-state index is 9.10. The summed E-state index contributed by atoms with van der Waals surface area (Å²) in [6.07, 6.45) is 1.48. The summed E-state index contributed by atoms with van der Waals surface area (Å²) < 4.78 is 5.57. The zero-order valence-corrected chi connectivity index (χ0v) is 12.6. The van der Waals surface area contributed by atoms with E-state index in [-0.39, 0.29) is 12.1 Å². The molecule has 0 bridgehead atoms. The molecule has 4 nitrogen and oxygen atoms in total. The average Bonchev–Trinajstić information content (AvgIpc) is 2.50. The topological polar surface area (TPSA) is 57.9 Å². The Kier molecular flexibility index (Phi) is 5.15. The summed E-state index contributed by atoms with van der Waals surface area (Å²) in [5, 5.41) is 13.0. The van der Waals surface area contributed by atoms with Gasteiger partial charge in [0.25, 0.3) is 0 Å². The van der Waals surface area contributed by atoms with Gasteiger partial charge >= 0.3 is 0 Å². The van der Waals surface area contributed by atoms with E-state index in [1.165, 1.54) is 0 Å². The van der Waals surface area contributed by atoms with Crippen LogP contribution in [0.5, 0.6) is 0 Å². The molecule has 1 aromatic carbocycles. The van der Waals surface area contributed by atoms with E-state index in [0.717, 1.165) is 5.56 Å². The molecular weight excluding hydrogens is 286 g/mol. The Morgan fingerprint density at radius 2 is 2.00 bits per heavy atom. The lowest BCUT2D eigenvalue weighted by atomic mass is 10.0. The molecule has 0 spiro atoms. The molecule has 0 aliphatic carbocycles. The van der Waals surface area contributed by atoms with Crippen LogP contribution in [0.2, 0.25) is 5.02 Å². The van der Waals surface area contributed by atoms with Crippen LogP contribution >= 0.6 is 11.6 Å². The van der Waals surface area contributed by atoms with Crippen molar-refractivity contribution >= 4 is 17.4 Å². The molecule has 1 aromatic heterocycles. The van der Waals surface area contributed by atoms with Crippen LogP contribution in [0.1, 0.15) is 24.2 Å². The lowest BCUT2D eigenvalue weighted by Crippen LogP contribution is -2.26. The predicted octanol–water partition coefficient (Wildman–Crippen LogP) is 3.79. The number of benzene rings is 1. The van der Waals surface area contributed by atoms with Crippen LogP contribution in [0.15, 0.2) is 42.6 Å². The van der Waals surface area contributed by atoms with E-state index in [1.807, 2.05) is 31.2 Å². The molecule has 1 heterocycles. The van der Waals surface area contributed by atoms with Crippen molar-refractivity contribution < 1.29 is 4.74 Å². The normalized spacial score (nSPS) is 13.2. The molecule has 0 aliphatic heterocycles. The molecule has 0 radical (unpaired) electrons. The molecule has 2 rings (SSSR count). The lowest BCUT2D eigenvalue weighted by Gasteiger charge is -2.25. The van der Waals surface area contributed by atoms with Crippen LogP contribution in [-0.4, -0.2) is 18.1 Å². The summed E-state index contributed by atoms with van der Waals surface area (Å²) >= 11 is 5.91. The smallest absolute Gasteiger partial charge is 0.144 e. The average molecular weight is 302 g/mol. The van der Waals surface area contributed by atoms with Crippen LogP contribution in [0.3, 0.4) is 0 Å². The van der Waals surface area contributed by atoms with Gasteiger partial charge in [-0.3, -0.25) is 0 Å². The summed E-state index contributed by atoms with van der Waals surface area (Å²) in [4.78, 5) is 4.20. The third kappa shape index (κ3) is 3.72. The standard InChI is InChI=1S/C16H16ClN3O/c1-11(20-16-13(10-18)4-3-9-19-16)15(21-2)12-5-7-14(17)8-6-12/h3-9,11,15H,1-2H3,(H,19,20). The minimum atomic E-state index is -0.171. The second-order valence-electron chi connectivity index (χ2n) is 4.65. The number of hydrogen-bond acceptors (Lipinski definition) is 4. The van der Waals surface area contributed by atoms with E-state index in [9.17, 15) is 0 Å². The number of halogens is 1. The van der Waals surface area contributed by atoms with Gasteiger partial charge in [-0.2, -0.15) is 5.26 Å². The first kappa shape index (κ1) is 15.3. The number of methoxy groups -OCH3 is 1. The third-order valence-corrected chi connectivity index (χ3v) is 3.45. The number of nitrogens with zero attached hydrogens (tertiary/aromatic N) is 2. The number of hydrogen-bond donors (Lipinski definition) is 1. The van der Waals surface area contributed by atoms with E-state index in [2.05, 4.69) is 16.4 Å². The molecule has 0 amide bonds. The van der Waals surface area contributed by atoms with Crippen molar-refractivity contribution in [3.8, 4) is 6.07 Å². The van der Waals surface area contributed by atoms with Crippen molar-refractivity contribution in [2.75, 3.05) is 12.4 Å². The quantitative estimate of drug-likeness (QED) is 0.912. The second-order valence-corrected chi connectivity index (χ2v) is 5.09. The number of pyridine rings is 1. The Bertz CT molecular complexity index is 637. The summed E-state index contributed by atoms with van der Waals surface area (Å²) in [6.45, 7) is 1.98. The van der Waals surface area contributed by atoms with Crippen LogP contribution < -0.4 is 5.32 Å². The minimum absolute atomic E-state index is 0.0572. The second kappa shape index (κ2) is 7.07. The molecule has 1 N–H and O–H groups in total. The van der Waals surface area contributed by atoms with Gasteiger partial charge in [0, 0.05) is 18.3 Å². The molecular formula is C16H16ClN3O. The van der Waals surface area contributed by atoms with Gasteiger partial charge in [0.15, 0.2) is 0 Å². The first-order chi connectivity index (χ1) is 10.2. The number of nitriles is 1. The highest BCUT2D eigenvalue weighted by Crippen LogP contribution is 2.25. The van der Waals surface area contributed by atoms with E-state index >= 15 is 0 Å². The van der Waals surface area contributed by atoms with Gasteiger partial charge in [-0.25, -0.2) is 4.98 Å². The Labute approximate surface area is 129 Å². The fourth-order valence-corrected chi connectivity index (χ4v) is 2.31. The molecule has 0 saturated heterocycles. The van der Waals surface area contributed by atoms with Gasteiger partial charge in [0.05, 0.1) is 11.6 Å². The fourth-order valence-electron chi connectivity index (χ4n) is 2.18. The monoisotopic (exact) mass is 301 g/mol. The Morgan fingerprint density at radius 1 is 1.29 bits per heavy atom.